The Morgan fingerprint density at radius 2 is 1.77 bits per heavy atom. The van der Waals surface area contributed by atoms with Gasteiger partial charge in [-0.05, 0) is 62.4 Å². The number of aromatic hydroxyl groups is 1. The smallest absolute Gasteiger partial charge is 0.166 e. The number of halogens is 1. The fourth-order valence-electron chi connectivity index (χ4n) is 3.89. The van der Waals surface area contributed by atoms with Gasteiger partial charge in [0, 0.05) is 17.0 Å². The van der Waals surface area contributed by atoms with Gasteiger partial charge in [0.05, 0.1) is 18.8 Å². The molecule has 1 aliphatic rings. The summed E-state index contributed by atoms with van der Waals surface area (Å²) in [6.07, 6.45) is 6.84. The third kappa shape index (κ3) is 5.91. The maximum atomic E-state index is 12.6. The van der Waals surface area contributed by atoms with Gasteiger partial charge in [-0.1, -0.05) is 43.4 Å². The molecule has 0 saturated heterocycles. The quantitative estimate of drug-likeness (QED) is 0.338. The Bertz CT molecular complexity index is 872. The zero-order valence-electron chi connectivity index (χ0n) is 17.9. The summed E-state index contributed by atoms with van der Waals surface area (Å²) >= 11 is 6.10. The van der Waals surface area contributed by atoms with Crippen molar-refractivity contribution >= 4 is 17.4 Å². The number of carbonyl (C=O) groups excluding carboxylic acids is 1. The van der Waals surface area contributed by atoms with Crippen LogP contribution in [-0.2, 0) is 0 Å². The van der Waals surface area contributed by atoms with Crippen LogP contribution < -0.4 is 9.47 Å². The molecule has 1 fully saturated rings. The normalized spacial score (nSPS) is 14.1. The van der Waals surface area contributed by atoms with Crippen LogP contribution in [-0.4, -0.2) is 24.1 Å². The summed E-state index contributed by atoms with van der Waals surface area (Å²) in [5.74, 6) is 1.94. The number of aryl methyl sites for hydroxylation is 1. The average Bonchev–Trinajstić information content (AvgIpc) is 3.23. The molecule has 0 unspecified atom stereocenters. The topological polar surface area (TPSA) is 55.8 Å². The lowest BCUT2D eigenvalue weighted by Crippen LogP contribution is -2.08. The highest BCUT2D eigenvalue weighted by Gasteiger charge is 2.22. The summed E-state index contributed by atoms with van der Waals surface area (Å²) in [4.78, 5) is 12.6. The number of hydrogen-bond acceptors (Lipinski definition) is 4. The minimum atomic E-state index is 0.0300. The summed E-state index contributed by atoms with van der Waals surface area (Å²) in [7, 11) is 0. The first kappa shape index (κ1) is 22.5. The molecule has 1 saturated carbocycles. The third-order valence-electron chi connectivity index (χ3n) is 5.84. The number of phenols is 1. The van der Waals surface area contributed by atoms with E-state index in [1.54, 1.807) is 19.1 Å². The number of rotatable bonds is 10. The van der Waals surface area contributed by atoms with Gasteiger partial charge in [0.2, 0.25) is 0 Å². The molecule has 1 N–H and O–H groups in total. The molecule has 0 atom stereocenters. The van der Waals surface area contributed by atoms with Crippen LogP contribution in [0.25, 0.3) is 0 Å². The number of carbonyl (C=O) groups is 1. The predicted octanol–water partition coefficient (Wildman–Crippen LogP) is 6.66. The number of Topliss-reactive ketones (excluding diaryl/α,β-unsaturated/α-hetero) is 1. The van der Waals surface area contributed by atoms with Gasteiger partial charge in [-0.3, -0.25) is 4.79 Å². The van der Waals surface area contributed by atoms with E-state index in [9.17, 15) is 9.90 Å². The van der Waals surface area contributed by atoms with Crippen LogP contribution in [0.1, 0.15) is 66.4 Å². The van der Waals surface area contributed by atoms with Crippen LogP contribution in [0.4, 0.5) is 0 Å². The van der Waals surface area contributed by atoms with E-state index in [2.05, 4.69) is 0 Å². The Morgan fingerprint density at radius 3 is 2.47 bits per heavy atom. The third-order valence-corrected chi connectivity index (χ3v) is 6.25. The fraction of sp³-hybridized carbons (Fsp3) is 0.480. The van der Waals surface area contributed by atoms with E-state index >= 15 is 0 Å². The molecule has 1 aliphatic carbocycles. The number of phenolic OH excluding ortho intramolecular Hbond substituents is 1. The summed E-state index contributed by atoms with van der Waals surface area (Å²) in [5.41, 5.74) is 2.07. The summed E-state index contributed by atoms with van der Waals surface area (Å²) in [6, 6.07) is 9.17. The molecule has 2 aromatic carbocycles. The molecule has 162 valence electrons. The van der Waals surface area contributed by atoms with E-state index < -0.39 is 0 Å². The van der Waals surface area contributed by atoms with Crippen LogP contribution >= 0.6 is 11.6 Å². The van der Waals surface area contributed by atoms with Gasteiger partial charge >= 0.3 is 0 Å². The molecule has 0 radical (unpaired) electrons. The minimum Gasteiger partial charge on any atom is -0.507 e. The van der Waals surface area contributed by atoms with Crippen molar-refractivity contribution in [1.29, 1.82) is 0 Å². The maximum Gasteiger partial charge on any atom is 0.166 e. The van der Waals surface area contributed by atoms with Crippen molar-refractivity contribution in [2.75, 3.05) is 13.2 Å². The molecule has 0 spiro atoms. The van der Waals surface area contributed by atoms with Crippen LogP contribution in [0.15, 0.2) is 30.3 Å². The molecule has 5 heteroatoms. The second-order valence-corrected chi connectivity index (χ2v) is 8.58. The SMILES string of the molecule is Cc1ccc(OCCCCOc2ccc(C(=O)CC3CCCC3)c(O)c2C)cc1Cl. The van der Waals surface area contributed by atoms with Crippen molar-refractivity contribution in [3.63, 3.8) is 0 Å². The molecule has 0 aromatic heterocycles. The van der Waals surface area contributed by atoms with Crippen molar-refractivity contribution < 1.29 is 19.4 Å². The van der Waals surface area contributed by atoms with Crippen molar-refractivity contribution in [3.8, 4) is 17.2 Å². The second-order valence-electron chi connectivity index (χ2n) is 8.18. The Balaban J connectivity index is 1.43. The van der Waals surface area contributed by atoms with Crippen molar-refractivity contribution in [2.45, 2.75) is 58.8 Å². The van der Waals surface area contributed by atoms with E-state index in [1.807, 2.05) is 25.1 Å². The Hall–Kier alpha value is -2.20. The van der Waals surface area contributed by atoms with Crippen LogP contribution in [0.2, 0.25) is 5.02 Å². The molecule has 0 aliphatic heterocycles. The van der Waals surface area contributed by atoms with Gasteiger partial charge in [-0.2, -0.15) is 0 Å². The molecular weight excluding hydrogens is 400 g/mol. The van der Waals surface area contributed by atoms with E-state index in [0.29, 0.717) is 47.5 Å². The number of unbranched alkanes of at least 4 members (excludes halogenated alkanes) is 1. The lowest BCUT2D eigenvalue weighted by atomic mass is 9.95. The molecule has 0 bridgehead atoms. The monoisotopic (exact) mass is 430 g/mol. The second kappa shape index (κ2) is 10.7. The van der Waals surface area contributed by atoms with E-state index in [4.69, 9.17) is 21.1 Å². The van der Waals surface area contributed by atoms with Crippen LogP contribution in [0.3, 0.4) is 0 Å². The highest BCUT2D eigenvalue weighted by atomic mass is 35.5. The van der Waals surface area contributed by atoms with E-state index in [1.165, 1.54) is 12.8 Å². The maximum absolute atomic E-state index is 12.6. The van der Waals surface area contributed by atoms with Gasteiger partial charge in [0.25, 0.3) is 0 Å². The molecule has 30 heavy (non-hydrogen) atoms. The first-order valence-electron chi connectivity index (χ1n) is 10.8. The van der Waals surface area contributed by atoms with Crippen molar-refractivity contribution in [2.24, 2.45) is 5.92 Å². The molecule has 4 nitrogen and oxygen atoms in total. The summed E-state index contributed by atoms with van der Waals surface area (Å²) < 4.78 is 11.5. The zero-order chi connectivity index (χ0) is 21.5. The average molecular weight is 431 g/mol. The number of ketones is 1. The van der Waals surface area contributed by atoms with E-state index in [0.717, 1.165) is 37.0 Å². The zero-order valence-corrected chi connectivity index (χ0v) is 18.6. The summed E-state index contributed by atoms with van der Waals surface area (Å²) in [6.45, 7) is 4.86. The van der Waals surface area contributed by atoms with Gasteiger partial charge in [0.15, 0.2) is 5.78 Å². The first-order chi connectivity index (χ1) is 14.5. The molecule has 3 rings (SSSR count). The highest BCUT2D eigenvalue weighted by molar-refractivity contribution is 6.31. The Kier molecular flexibility index (Phi) is 8.03. The van der Waals surface area contributed by atoms with Crippen molar-refractivity contribution in [1.82, 2.24) is 0 Å². The lowest BCUT2D eigenvalue weighted by molar-refractivity contribution is 0.0959. The van der Waals surface area contributed by atoms with Crippen LogP contribution in [0, 0.1) is 19.8 Å². The molecule has 2 aromatic rings. The van der Waals surface area contributed by atoms with E-state index in [-0.39, 0.29) is 11.5 Å². The molecular formula is C25H31ClO4. The molecule has 0 amide bonds. The predicted molar refractivity (Wildman–Crippen MR) is 120 cm³/mol. The minimum absolute atomic E-state index is 0.0300. The fourth-order valence-corrected chi connectivity index (χ4v) is 4.06. The summed E-state index contributed by atoms with van der Waals surface area (Å²) in [5, 5.41) is 11.2. The Labute approximate surface area is 184 Å². The number of hydrogen-bond donors (Lipinski definition) is 1. The lowest BCUT2D eigenvalue weighted by Gasteiger charge is -2.14. The highest BCUT2D eigenvalue weighted by Crippen LogP contribution is 2.34. The first-order valence-corrected chi connectivity index (χ1v) is 11.2. The van der Waals surface area contributed by atoms with Crippen LogP contribution in [0.5, 0.6) is 17.2 Å². The van der Waals surface area contributed by atoms with Gasteiger partial charge in [-0.25, -0.2) is 0 Å². The number of ether oxygens (including phenoxy) is 2. The standard InChI is InChI=1S/C25H31ClO4/c1-17-9-10-20(16-22(17)26)29-13-5-6-14-30-24-12-11-21(25(28)18(24)2)23(27)15-19-7-3-4-8-19/h9-12,16,19,28H,3-8,13-15H2,1-2H3. The van der Waals surface area contributed by atoms with Gasteiger partial charge in [0.1, 0.15) is 17.2 Å². The molecule has 0 heterocycles. The largest absolute Gasteiger partial charge is 0.507 e. The van der Waals surface area contributed by atoms with Crippen molar-refractivity contribution in [3.05, 3.63) is 52.0 Å². The van der Waals surface area contributed by atoms with Gasteiger partial charge in [-0.15, -0.1) is 0 Å². The van der Waals surface area contributed by atoms with Gasteiger partial charge < -0.3 is 14.6 Å². The number of benzene rings is 2. The Morgan fingerprint density at radius 1 is 1.07 bits per heavy atom.